The van der Waals surface area contributed by atoms with Crippen LogP contribution >= 0.6 is 0 Å². The van der Waals surface area contributed by atoms with E-state index in [0.717, 1.165) is 5.82 Å². The summed E-state index contributed by atoms with van der Waals surface area (Å²) in [4.78, 5) is 11.3. The fraction of sp³-hybridized carbons (Fsp3) is 0.333. The molecule has 0 fully saturated rings. The highest BCUT2D eigenvalue weighted by Gasteiger charge is 2.16. The zero-order valence-electron chi connectivity index (χ0n) is 9.02. The van der Waals surface area contributed by atoms with E-state index in [-0.39, 0.29) is 0 Å². The maximum Gasteiger partial charge on any atom is 0.411 e. The molecule has 7 heteroatoms. The van der Waals surface area contributed by atoms with Crippen LogP contribution in [-0.4, -0.2) is 28.0 Å². The Morgan fingerprint density at radius 1 is 1.69 bits per heavy atom. The molecular weight excluding hydrogens is 210 g/mol. The average molecular weight is 222 g/mol. The lowest BCUT2D eigenvalue weighted by molar-refractivity contribution is -0.587. The number of H-pyrrole nitrogens is 1. The fourth-order valence-electron chi connectivity index (χ4n) is 1.33. The Bertz CT molecular complexity index is 522. The number of rotatable bonds is 2. The first-order valence-corrected chi connectivity index (χ1v) is 4.88. The van der Waals surface area contributed by atoms with Crippen LogP contribution < -0.4 is 9.83 Å². The summed E-state index contributed by atoms with van der Waals surface area (Å²) in [5.41, 5.74) is 1.10. The molecule has 2 aromatic heterocycles. The summed E-state index contributed by atoms with van der Waals surface area (Å²) < 4.78 is 6.38. The number of aryl methyl sites for hydroxylation is 1. The van der Waals surface area contributed by atoms with Gasteiger partial charge in [-0.2, -0.15) is 0 Å². The van der Waals surface area contributed by atoms with Gasteiger partial charge in [-0.15, -0.1) is 10.2 Å². The van der Waals surface area contributed by atoms with Gasteiger partial charge in [-0.05, 0) is 13.0 Å². The van der Waals surface area contributed by atoms with Crippen LogP contribution in [0.5, 0.6) is 0 Å². The number of hydrogen-bond acceptors (Lipinski definition) is 4. The summed E-state index contributed by atoms with van der Waals surface area (Å²) in [6.45, 7) is 3.91. The number of carbonyl (C=O) groups excluding carboxylic acids is 1. The molecule has 84 valence electrons. The molecular formula is C9H12N5O2+. The first-order chi connectivity index (χ1) is 7.72. The van der Waals surface area contributed by atoms with Gasteiger partial charge in [0.15, 0.2) is 0 Å². The molecule has 7 nitrogen and oxygen atoms in total. The highest BCUT2D eigenvalue weighted by molar-refractivity contribution is 5.88. The second kappa shape index (κ2) is 4.13. The minimum absolute atomic E-state index is 0.326. The third-order valence-corrected chi connectivity index (χ3v) is 2.02. The summed E-state index contributed by atoms with van der Waals surface area (Å²) in [6.07, 6.45) is 1.08. The molecule has 0 aromatic carbocycles. The van der Waals surface area contributed by atoms with E-state index in [1.54, 1.807) is 23.7 Å². The van der Waals surface area contributed by atoms with Crippen molar-refractivity contribution >= 4 is 17.4 Å². The Kier molecular flexibility index (Phi) is 2.67. The molecule has 0 unspecified atom stereocenters. The van der Waals surface area contributed by atoms with Gasteiger partial charge >= 0.3 is 11.7 Å². The van der Waals surface area contributed by atoms with Crippen LogP contribution in [0.2, 0.25) is 0 Å². The Morgan fingerprint density at radius 2 is 2.50 bits per heavy atom. The quantitative estimate of drug-likeness (QED) is 0.721. The third kappa shape index (κ3) is 1.79. The van der Waals surface area contributed by atoms with E-state index in [4.69, 9.17) is 4.74 Å². The van der Waals surface area contributed by atoms with E-state index in [9.17, 15) is 4.79 Å². The molecule has 0 saturated heterocycles. The standard InChI is InChI=1S/C9H11N5O2/c1-3-16-9(15)11-7-4-5-10-14-6(2)12-13-8(7)14/h4-5H,3H2,1-2H3,(H,10,11,15)/p+1. The van der Waals surface area contributed by atoms with Crippen LogP contribution in [-0.2, 0) is 4.74 Å². The molecule has 2 N–H and O–H groups in total. The lowest BCUT2D eigenvalue weighted by Crippen LogP contribution is -2.29. The average Bonchev–Trinajstić information content (AvgIpc) is 2.62. The predicted octanol–water partition coefficient (Wildman–Crippen LogP) is 0.420. The lowest BCUT2D eigenvalue weighted by atomic mass is 10.4. The van der Waals surface area contributed by atoms with Crippen molar-refractivity contribution in [1.82, 2.24) is 15.3 Å². The minimum Gasteiger partial charge on any atom is -0.450 e. The Labute approximate surface area is 91.4 Å². The van der Waals surface area contributed by atoms with Crippen molar-refractivity contribution in [3.8, 4) is 0 Å². The van der Waals surface area contributed by atoms with Crippen LogP contribution in [0.3, 0.4) is 0 Å². The van der Waals surface area contributed by atoms with Crippen LogP contribution in [0.15, 0.2) is 12.3 Å². The molecule has 0 aliphatic carbocycles. The normalized spacial score (nSPS) is 10.4. The molecule has 0 spiro atoms. The summed E-state index contributed by atoms with van der Waals surface area (Å²) in [5, 5.41) is 13.5. The van der Waals surface area contributed by atoms with Crippen molar-refractivity contribution in [2.75, 3.05) is 11.9 Å². The zero-order valence-corrected chi connectivity index (χ0v) is 9.02. The minimum atomic E-state index is -0.503. The molecule has 0 saturated carbocycles. The van der Waals surface area contributed by atoms with E-state index in [2.05, 4.69) is 20.6 Å². The summed E-state index contributed by atoms with van der Waals surface area (Å²) in [5.74, 6) is 0.780. The van der Waals surface area contributed by atoms with E-state index in [0.29, 0.717) is 17.9 Å². The highest BCUT2D eigenvalue weighted by atomic mass is 16.5. The molecule has 0 aliphatic heterocycles. The van der Waals surface area contributed by atoms with E-state index >= 15 is 0 Å². The Morgan fingerprint density at radius 3 is 3.25 bits per heavy atom. The highest BCUT2D eigenvalue weighted by Crippen LogP contribution is 2.09. The van der Waals surface area contributed by atoms with Crippen molar-refractivity contribution in [1.29, 1.82) is 0 Å². The maximum atomic E-state index is 11.3. The summed E-state index contributed by atoms with van der Waals surface area (Å²) in [6, 6.07) is 1.66. The van der Waals surface area contributed by atoms with Gasteiger partial charge in [0.05, 0.1) is 12.8 Å². The second-order valence-electron chi connectivity index (χ2n) is 3.13. The number of anilines is 1. The van der Waals surface area contributed by atoms with Gasteiger partial charge in [-0.1, -0.05) is 4.52 Å². The molecule has 0 atom stereocenters. The molecule has 0 aliphatic rings. The Hall–Kier alpha value is -2.18. The number of nitrogens with one attached hydrogen (secondary N) is 2. The SMILES string of the molecule is CCOC(=O)Nc1ccn[n+]2c(C)[nH]nc12. The first kappa shape index (κ1) is 10.3. The van der Waals surface area contributed by atoms with Gasteiger partial charge in [-0.3, -0.25) is 5.32 Å². The van der Waals surface area contributed by atoms with Gasteiger partial charge < -0.3 is 4.74 Å². The summed E-state index contributed by atoms with van der Waals surface area (Å²) >= 11 is 0. The van der Waals surface area contributed by atoms with Crippen molar-refractivity contribution in [2.24, 2.45) is 0 Å². The number of carbonyl (C=O) groups is 1. The number of aromatic nitrogens is 4. The van der Waals surface area contributed by atoms with Gasteiger partial charge in [0.2, 0.25) is 0 Å². The number of hydrogen-bond donors (Lipinski definition) is 2. The van der Waals surface area contributed by atoms with Crippen molar-refractivity contribution < 1.29 is 14.0 Å². The molecule has 2 heterocycles. The first-order valence-electron chi connectivity index (χ1n) is 4.88. The monoisotopic (exact) mass is 222 g/mol. The predicted molar refractivity (Wildman–Crippen MR) is 54.9 cm³/mol. The largest absolute Gasteiger partial charge is 0.450 e. The molecule has 0 bridgehead atoms. The molecule has 2 aromatic rings. The van der Waals surface area contributed by atoms with Gasteiger partial charge in [-0.25, -0.2) is 4.79 Å². The summed E-state index contributed by atoms with van der Waals surface area (Å²) in [7, 11) is 0. The second-order valence-corrected chi connectivity index (χ2v) is 3.13. The molecule has 16 heavy (non-hydrogen) atoms. The number of nitrogens with zero attached hydrogens (tertiary/aromatic N) is 3. The number of fused-ring (bicyclic) bond motifs is 1. The maximum absolute atomic E-state index is 11.3. The van der Waals surface area contributed by atoms with E-state index in [1.165, 1.54) is 0 Å². The molecule has 2 rings (SSSR count). The van der Waals surface area contributed by atoms with Crippen LogP contribution in [0.25, 0.3) is 5.65 Å². The molecule has 0 radical (unpaired) electrons. The fourth-order valence-corrected chi connectivity index (χ4v) is 1.33. The number of ether oxygens (including phenoxy) is 1. The lowest BCUT2D eigenvalue weighted by Gasteiger charge is -2.02. The van der Waals surface area contributed by atoms with Gasteiger partial charge in [0.1, 0.15) is 5.69 Å². The van der Waals surface area contributed by atoms with Gasteiger partial charge in [0.25, 0.3) is 5.82 Å². The number of amides is 1. The number of aromatic amines is 1. The van der Waals surface area contributed by atoms with Crippen molar-refractivity contribution in [2.45, 2.75) is 13.8 Å². The van der Waals surface area contributed by atoms with Crippen LogP contribution in [0.4, 0.5) is 10.5 Å². The van der Waals surface area contributed by atoms with Crippen molar-refractivity contribution in [3.05, 3.63) is 18.1 Å². The third-order valence-electron chi connectivity index (χ3n) is 2.02. The van der Waals surface area contributed by atoms with E-state index < -0.39 is 6.09 Å². The van der Waals surface area contributed by atoms with E-state index in [1.807, 2.05) is 6.92 Å². The van der Waals surface area contributed by atoms with Crippen molar-refractivity contribution in [3.63, 3.8) is 0 Å². The van der Waals surface area contributed by atoms with Crippen LogP contribution in [0.1, 0.15) is 12.7 Å². The smallest absolute Gasteiger partial charge is 0.411 e. The van der Waals surface area contributed by atoms with Crippen LogP contribution in [0, 0.1) is 6.92 Å². The Balaban J connectivity index is 2.34. The topological polar surface area (TPSA) is 84.0 Å². The molecule has 1 amide bonds. The zero-order chi connectivity index (χ0) is 11.5. The van der Waals surface area contributed by atoms with Gasteiger partial charge in [0, 0.05) is 12.0 Å².